The summed E-state index contributed by atoms with van der Waals surface area (Å²) in [7, 11) is 0. The zero-order valence-corrected chi connectivity index (χ0v) is 9.20. The molecule has 82 valence electrons. The number of rotatable bonds is 5. The first-order valence-corrected chi connectivity index (χ1v) is 5.09. The van der Waals surface area contributed by atoms with Crippen molar-refractivity contribution < 1.29 is 9.59 Å². The Morgan fingerprint density at radius 1 is 1.06 bits per heavy atom. The zero-order chi connectivity index (χ0) is 11.8. The van der Waals surface area contributed by atoms with Crippen LogP contribution in [-0.2, 0) is 28.6 Å². The number of aliphatic imine (C=N–C) groups is 2. The normalized spacial score (nSPS) is 9.06. The van der Waals surface area contributed by atoms with Gasteiger partial charge in [-0.3, -0.25) is 0 Å². The molecule has 0 aliphatic carbocycles. The summed E-state index contributed by atoms with van der Waals surface area (Å²) in [5.74, 6) is 0.348. The number of carbonyl (C=O) groups excluding carboxylic acids is 2. The van der Waals surface area contributed by atoms with E-state index in [-0.39, 0.29) is 13.1 Å². The molecule has 1 aromatic carbocycles. The predicted molar refractivity (Wildman–Crippen MR) is 59.7 cm³/mol. The van der Waals surface area contributed by atoms with E-state index < -0.39 is 0 Å². The lowest BCUT2D eigenvalue weighted by atomic mass is 10.1. The summed E-state index contributed by atoms with van der Waals surface area (Å²) in [6, 6.07) is 5.48. The highest BCUT2D eigenvalue weighted by Crippen LogP contribution is 2.16. The van der Waals surface area contributed by atoms with E-state index in [9.17, 15) is 9.59 Å². The molecule has 0 fully saturated rings. The molecule has 0 aliphatic heterocycles. The quantitative estimate of drug-likeness (QED) is 0.447. The third-order valence-electron chi connectivity index (χ3n) is 2.05. The number of halogens is 1. The molecule has 4 nitrogen and oxygen atoms in total. The molecule has 1 rings (SSSR count). The highest BCUT2D eigenvalue weighted by molar-refractivity contribution is 6.17. The van der Waals surface area contributed by atoms with Gasteiger partial charge in [0.15, 0.2) is 0 Å². The van der Waals surface area contributed by atoms with Gasteiger partial charge in [-0.15, -0.1) is 11.6 Å². The van der Waals surface area contributed by atoms with Crippen LogP contribution in [0.25, 0.3) is 0 Å². The van der Waals surface area contributed by atoms with Gasteiger partial charge in [0.1, 0.15) is 0 Å². The van der Waals surface area contributed by atoms with Crippen molar-refractivity contribution in [3.8, 4) is 0 Å². The molecule has 0 bridgehead atoms. The summed E-state index contributed by atoms with van der Waals surface area (Å²) in [5.41, 5.74) is 2.60. The SMILES string of the molecule is O=C=NCc1ccc(CCl)c(CN=C=O)c1. The predicted octanol–water partition coefficient (Wildman–Crippen LogP) is 2.10. The molecule has 0 amide bonds. The molecule has 1 aromatic rings. The van der Waals surface area contributed by atoms with E-state index in [0.717, 1.165) is 16.7 Å². The Bertz CT molecular complexity index is 461. The first-order chi connectivity index (χ1) is 7.81. The second-order valence-corrected chi connectivity index (χ2v) is 3.32. The van der Waals surface area contributed by atoms with Crippen LogP contribution in [0.3, 0.4) is 0 Å². The van der Waals surface area contributed by atoms with Crippen molar-refractivity contribution in [1.29, 1.82) is 0 Å². The second kappa shape index (κ2) is 6.70. The van der Waals surface area contributed by atoms with Crippen molar-refractivity contribution in [1.82, 2.24) is 0 Å². The van der Waals surface area contributed by atoms with Crippen LogP contribution >= 0.6 is 11.6 Å². The van der Waals surface area contributed by atoms with Crippen molar-refractivity contribution in [2.75, 3.05) is 0 Å². The molecule has 5 heteroatoms. The van der Waals surface area contributed by atoms with Crippen LogP contribution < -0.4 is 0 Å². The third kappa shape index (κ3) is 3.44. The van der Waals surface area contributed by atoms with Gasteiger partial charge in [-0.25, -0.2) is 19.6 Å². The topological polar surface area (TPSA) is 58.9 Å². The lowest BCUT2D eigenvalue weighted by Gasteiger charge is -2.05. The maximum Gasteiger partial charge on any atom is 0.235 e. The van der Waals surface area contributed by atoms with Gasteiger partial charge in [-0.05, 0) is 16.7 Å². The minimum atomic E-state index is 0.240. The minimum Gasteiger partial charge on any atom is -0.211 e. The van der Waals surface area contributed by atoms with Crippen LogP contribution in [0.1, 0.15) is 16.7 Å². The average Bonchev–Trinajstić information content (AvgIpc) is 2.33. The summed E-state index contributed by atoms with van der Waals surface area (Å²) >= 11 is 5.74. The van der Waals surface area contributed by atoms with Gasteiger partial charge in [0.05, 0.1) is 13.1 Å². The smallest absolute Gasteiger partial charge is 0.211 e. The van der Waals surface area contributed by atoms with Crippen LogP contribution in [0.5, 0.6) is 0 Å². The summed E-state index contributed by atoms with van der Waals surface area (Å²) in [6.07, 6.45) is 2.95. The molecule has 0 aromatic heterocycles. The monoisotopic (exact) mass is 236 g/mol. The molecular formula is C11H9ClN2O2. The number of alkyl halides is 1. The molecule has 0 N–H and O–H groups in total. The lowest BCUT2D eigenvalue weighted by molar-refractivity contribution is 0.562. The van der Waals surface area contributed by atoms with E-state index in [2.05, 4.69) is 9.98 Å². The molecule has 0 radical (unpaired) electrons. The molecule has 0 saturated carbocycles. The van der Waals surface area contributed by atoms with Crippen LogP contribution in [0.2, 0.25) is 0 Å². The lowest BCUT2D eigenvalue weighted by Crippen LogP contribution is -1.93. The molecule has 0 saturated heterocycles. The zero-order valence-electron chi connectivity index (χ0n) is 8.44. The van der Waals surface area contributed by atoms with Gasteiger partial charge in [0.2, 0.25) is 12.2 Å². The maximum absolute atomic E-state index is 10.0. The number of nitrogens with zero attached hydrogens (tertiary/aromatic N) is 2. The Kier molecular flexibility index (Phi) is 5.17. The summed E-state index contributed by atoms with van der Waals surface area (Å²) in [5, 5.41) is 0. The highest BCUT2D eigenvalue weighted by Gasteiger charge is 2.02. The van der Waals surface area contributed by atoms with Crippen molar-refractivity contribution >= 4 is 23.8 Å². The average molecular weight is 237 g/mol. The molecular weight excluding hydrogens is 228 g/mol. The fourth-order valence-electron chi connectivity index (χ4n) is 1.30. The van der Waals surface area contributed by atoms with Crippen molar-refractivity contribution in [3.05, 3.63) is 34.9 Å². The minimum absolute atomic E-state index is 0.240. The van der Waals surface area contributed by atoms with Crippen LogP contribution in [0.15, 0.2) is 28.2 Å². The van der Waals surface area contributed by atoms with Gasteiger partial charge >= 0.3 is 0 Å². The van der Waals surface area contributed by atoms with E-state index >= 15 is 0 Å². The summed E-state index contributed by atoms with van der Waals surface area (Å²) in [6.45, 7) is 0.508. The Morgan fingerprint density at radius 3 is 2.38 bits per heavy atom. The van der Waals surface area contributed by atoms with Crippen molar-refractivity contribution in [2.45, 2.75) is 19.0 Å². The van der Waals surface area contributed by atoms with E-state index in [1.807, 2.05) is 18.2 Å². The van der Waals surface area contributed by atoms with Gasteiger partial charge < -0.3 is 0 Å². The van der Waals surface area contributed by atoms with E-state index in [4.69, 9.17) is 11.6 Å². The third-order valence-corrected chi connectivity index (χ3v) is 2.34. The van der Waals surface area contributed by atoms with Crippen LogP contribution in [0.4, 0.5) is 0 Å². The Balaban J connectivity index is 2.99. The first kappa shape index (κ1) is 12.3. The van der Waals surface area contributed by atoms with Crippen LogP contribution in [-0.4, -0.2) is 12.2 Å². The van der Waals surface area contributed by atoms with Crippen molar-refractivity contribution in [3.63, 3.8) is 0 Å². The molecule has 16 heavy (non-hydrogen) atoms. The van der Waals surface area contributed by atoms with E-state index in [1.165, 1.54) is 12.2 Å². The number of hydrogen-bond acceptors (Lipinski definition) is 4. The molecule has 0 unspecified atom stereocenters. The molecule has 0 spiro atoms. The molecule has 0 aliphatic rings. The highest BCUT2D eigenvalue weighted by atomic mass is 35.5. The molecule has 0 heterocycles. The largest absolute Gasteiger partial charge is 0.235 e. The fraction of sp³-hybridized carbons (Fsp3) is 0.273. The molecule has 0 atom stereocenters. The maximum atomic E-state index is 10.0. The van der Waals surface area contributed by atoms with Gasteiger partial charge in [0.25, 0.3) is 0 Å². The van der Waals surface area contributed by atoms with E-state index in [1.54, 1.807) is 0 Å². The Hall–Kier alpha value is -1.73. The standard InChI is InChI=1S/C11H9ClN2O2/c12-4-10-2-1-9(5-13-7-15)3-11(10)6-14-8-16/h1-3H,4-6H2. The van der Waals surface area contributed by atoms with Gasteiger partial charge in [-0.1, -0.05) is 18.2 Å². The Morgan fingerprint density at radius 2 is 1.75 bits per heavy atom. The first-order valence-electron chi connectivity index (χ1n) is 4.55. The van der Waals surface area contributed by atoms with Crippen LogP contribution in [0, 0.1) is 0 Å². The summed E-state index contributed by atoms with van der Waals surface area (Å²) in [4.78, 5) is 27.0. The fourth-order valence-corrected chi connectivity index (χ4v) is 1.56. The number of isocyanates is 2. The second-order valence-electron chi connectivity index (χ2n) is 3.05. The Labute approximate surface area is 97.7 Å². The van der Waals surface area contributed by atoms with E-state index in [0.29, 0.717) is 5.88 Å². The number of benzene rings is 1. The van der Waals surface area contributed by atoms with Gasteiger partial charge in [-0.2, -0.15) is 0 Å². The van der Waals surface area contributed by atoms with Crippen molar-refractivity contribution in [2.24, 2.45) is 9.98 Å². The number of hydrogen-bond donors (Lipinski definition) is 0. The summed E-state index contributed by atoms with van der Waals surface area (Å²) < 4.78 is 0. The van der Waals surface area contributed by atoms with Gasteiger partial charge in [0, 0.05) is 5.88 Å².